The van der Waals surface area contributed by atoms with Crippen LogP contribution < -0.4 is 9.46 Å². The van der Waals surface area contributed by atoms with Crippen LogP contribution in [0.4, 0.5) is 5.82 Å². The van der Waals surface area contributed by atoms with Crippen molar-refractivity contribution >= 4 is 15.8 Å². The molecule has 5 nitrogen and oxygen atoms in total. The fraction of sp³-hybridized carbons (Fsp3) is 0.389. The number of rotatable bonds is 6. The summed E-state index contributed by atoms with van der Waals surface area (Å²) >= 11 is 0. The fourth-order valence-electron chi connectivity index (χ4n) is 2.48. The van der Waals surface area contributed by atoms with Crippen LogP contribution in [0, 0.1) is 13.8 Å². The maximum atomic E-state index is 12.8. The summed E-state index contributed by atoms with van der Waals surface area (Å²) in [5.41, 5.74) is 2.46. The van der Waals surface area contributed by atoms with Gasteiger partial charge in [0.25, 0.3) is 10.0 Å². The third kappa shape index (κ3) is 4.06. The van der Waals surface area contributed by atoms with Crippen LogP contribution in [0.2, 0.25) is 0 Å². The lowest BCUT2D eigenvalue weighted by atomic mass is 10.0. The van der Waals surface area contributed by atoms with Crippen molar-refractivity contribution in [3.8, 4) is 5.75 Å². The average Bonchev–Trinajstić information content (AvgIpc) is 2.46. The zero-order valence-electron chi connectivity index (χ0n) is 14.8. The Hall–Kier alpha value is -2.08. The van der Waals surface area contributed by atoms with Crippen LogP contribution in [0.15, 0.2) is 35.4 Å². The van der Waals surface area contributed by atoms with Crippen LogP contribution >= 0.6 is 0 Å². The van der Waals surface area contributed by atoms with E-state index < -0.39 is 10.0 Å². The first-order valence-corrected chi connectivity index (χ1v) is 9.45. The molecular weight excluding hydrogens is 324 g/mol. The second-order valence-electron chi connectivity index (χ2n) is 6.07. The standard InChI is InChI=1S/C18H24N2O3S/c1-6-23-16-10-14(5)17(11-15(16)12(2)3)24(21,22)20-18-9-13(4)7-8-19-18/h7-12H,6H2,1-5H3,(H,19,20). The summed E-state index contributed by atoms with van der Waals surface area (Å²) in [6.07, 6.45) is 1.58. The first-order valence-electron chi connectivity index (χ1n) is 7.97. The van der Waals surface area contributed by atoms with Gasteiger partial charge in [0, 0.05) is 6.20 Å². The lowest BCUT2D eigenvalue weighted by Gasteiger charge is -2.17. The minimum absolute atomic E-state index is 0.151. The van der Waals surface area contributed by atoms with Crippen LogP contribution in [0.25, 0.3) is 0 Å². The topological polar surface area (TPSA) is 68.3 Å². The molecule has 0 aliphatic carbocycles. The van der Waals surface area contributed by atoms with Crippen LogP contribution in [0.5, 0.6) is 5.75 Å². The highest BCUT2D eigenvalue weighted by Crippen LogP contribution is 2.32. The monoisotopic (exact) mass is 348 g/mol. The molecular formula is C18H24N2O3S. The highest BCUT2D eigenvalue weighted by atomic mass is 32.2. The second kappa shape index (κ2) is 7.21. The largest absolute Gasteiger partial charge is 0.494 e. The van der Waals surface area contributed by atoms with E-state index in [1.807, 2.05) is 33.8 Å². The number of aromatic nitrogens is 1. The molecule has 2 rings (SSSR count). The van der Waals surface area contributed by atoms with Crippen molar-refractivity contribution in [3.63, 3.8) is 0 Å². The van der Waals surface area contributed by atoms with E-state index in [-0.39, 0.29) is 10.8 Å². The van der Waals surface area contributed by atoms with Crippen LogP contribution in [-0.2, 0) is 10.0 Å². The van der Waals surface area contributed by atoms with Gasteiger partial charge in [-0.3, -0.25) is 4.72 Å². The Morgan fingerprint density at radius 2 is 1.92 bits per heavy atom. The number of benzene rings is 1. The molecule has 6 heteroatoms. The second-order valence-corrected chi connectivity index (χ2v) is 7.72. The summed E-state index contributed by atoms with van der Waals surface area (Å²) in [6, 6.07) is 7.00. The van der Waals surface area contributed by atoms with Gasteiger partial charge in [0.15, 0.2) is 0 Å². The van der Waals surface area contributed by atoms with E-state index in [9.17, 15) is 8.42 Å². The number of aryl methyl sites for hydroxylation is 2. The quantitative estimate of drug-likeness (QED) is 0.856. The van der Waals surface area contributed by atoms with Crippen molar-refractivity contribution < 1.29 is 13.2 Å². The molecule has 0 aliphatic heterocycles. The maximum Gasteiger partial charge on any atom is 0.263 e. The molecule has 130 valence electrons. The first kappa shape index (κ1) is 18.3. The van der Waals surface area contributed by atoms with E-state index in [2.05, 4.69) is 9.71 Å². The molecule has 0 aliphatic rings. The number of pyridine rings is 1. The number of hydrogen-bond acceptors (Lipinski definition) is 4. The number of nitrogens with zero attached hydrogens (tertiary/aromatic N) is 1. The van der Waals surface area contributed by atoms with Gasteiger partial charge in [-0.05, 0) is 67.6 Å². The van der Waals surface area contributed by atoms with Crippen molar-refractivity contribution in [1.82, 2.24) is 4.98 Å². The Bertz CT molecular complexity index is 830. The van der Waals surface area contributed by atoms with Gasteiger partial charge in [0.2, 0.25) is 0 Å². The molecule has 1 aromatic heterocycles. The summed E-state index contributed by atoms with van der Waals surface area (Å²) in [5.74, 6) is 1.20. The van der Waals surface area contributed by atoms with Gasteiger partial charge >= 0.3 is 0 Å². The Morgan fingerprint density at radius 3 is 2.50 bits per heavy atom. The molecule has 2 aromatic rings. The summed E-state index contributed by atoms with van der Waals surface area (Å²) < 4.78 is 33.8. The van der Waals surface area contributed by atoms with Gasteiger partial charge in [-0.25, -0.2) is 13.4 Å². The van der Waals surface area contributed by atoms with E-state index in [0.29, 0.717) is 18.0 Å². The van der Waals surface area contributed by atoms with E-state index in [1.54, 1.807) is 31.3 Å². The van der Waals surface area contributed by atoms with Crippen molar-refractivity contribution in [2.45, 2.75) is 45.4 Å². The predicted octanol–water partition coefficient (Wildman–Crippen LogP) is 4.02. The summed E-state index contributed by atoms with van der Waals surface area (Å²) in [7, 11) is -3.72. The number of hydrogen-bond donors (Lipinski definition) is 1. The van der Waals surface area contributed by atoms with E-state index >= 15 is 0 Å². The molecule has 0 atom stereocenters. The highest BCUT2D eigenvalue weighted by Gasteiger charge is 2.21. The molecule has 0 unspecified atom stereocenters. The van der Waals surface area contributed by atoms with Crippen LogP contribution in [-0.4, -0.2) is 20.0 Å². The maximum absolute atomic E-state index is 12.8. The molecule has 1 aromatic carbocycles. The number of sulfonamides is 1. The number of ether oxygens (including phenoxy) is 1. The summed E-state index contributed by atoms with van der Waals surface area (Å²) in [5, 5.41) is 0. The zero-order valence-corrected chi connectivity index (χ0v) is 15.6. The minimum Gasteiger partial charge on any atom is -0.494 e. The number of anilines is 1. The molecule has 0 saturated carbocycles. The molecule has 0 bridgehead atoms. The van der Waals surface area contributed by atoms with Gasteiger partial charge in [0.05, 0.1) is 11.5 Å². The van der Waals surface area contributed by atoms with Gasteiger partial charge < -0.3 is 4.74 Å². The molecule has 1 heterocycles. The van der Waals surface area contributed by atoms with Crippen LogP contribution in [0.3, 0.4) is 0 Å². The van der Waals surface area contributed by atoms with Crippen molar-refractivity contribution in [2.75, 3.05) is 11.3 Å². The van der Waals surface area contributed by atoms with E-state index in [1.165, 1.54) is 0 Å². The minimum atomic E-state index is -3.72. The van der Waals surface area contributed by atoms with E-state index in [4.69, 9.17) is 4.74 Å². The molecule has 24 heavy (non-hydrogen) atoms. The number of nitrogens with one attached hydrogen (secondary N) is 1. The third-order valence-corrected chi connectivity index (χ3v) is 5.17. The normalized spacial score (nSPS) is 11.6. The lowest BCUT2D eigenvalue weighted by molar-refractivity contribution is 0.334. The predicted molar refractivity (Wildman–Crippen MR) is 96.2 cm³/mol. The molecule has 0 fully saturated rings. The van der Waals surface area contributed by atoms with Crippen molar-refractivity contribution in [1.29, 1.82) is 0 Å². The Balaban J connectivity index is 2.48. The SMILES string of the molecule is CCOc1cc(C)c(S(=O)(=O)Nc2cc(C)ccn2)cc1C(C)C. The fourth-order valence-corrected chi connectivity index (χ4v) is 3.74. The van der Waals surface area contributed by atoms with Crippen molar-refractivity contribution in [3.05, 3.63) is 47.2 Å². The summed E-state index contributed by atoms with van der Waals surface area (Å²) in [6.45, 7) is 10.1. The van der Waals surface area contributed by atoms with Gasteiger partial charge in [-0.15, -0.1) is 0 Å². The Morgan fingerprint density at radius 1 is 1.21 bits per heavy atom. The summed E-state index contributed by atoms with van der Waals surface area (Å²) in [4.78, 5) is 4.32. The molecule has 0 saturated heterocycles. The average molecular weight is 348 g/mol. The lowest BCUT2D eigenvalue weighted by Crippen LogP contribution is -2.16. The van der Waals surface area contributed by atoms with E-state index in [0.717, 1.165) is 16.9 Å². The van der Waals surface area contributed by atoms with Gasteiger partial charge in [-0.1, -0.05) is 13.8 Å². The Kier molecular flexibility index (Phi) is 5.49. The zero-order chi connectivity index (χ0) is 17.9. The van der Waals surface area contributed by atoms with Crippen molar-refractivity contribution in [2.24, 2.45) is 0 Å². The first-order chi connectivity index (χ1) is 11.2. The highest BCUT2D eigenvalue weighted by molar-refractivity contribution is 7.92. The molecule has 1 N–H and O–H groups in total. The molecule has 0 spiro atoms. The molecule has 0 radical (unpaired) electrons. The smallest absolute Gasteiger partial charge is 0.263 e. The Labute approximate surface area is 144 Å². The third-order valence-electron chi connectivity index (χ3n) is 3.67. The van der Waals surface area contributed by atoms with Gasteiger partial charge in [-0.2, -0.15) is 0 Å². The van der Waals surface area contributed by atoms with Crippen LogP contribution in [0.1, 0.15) is 43.4 Å². The van der Waals surface area contributed by atoms with Gasteiger partial charge in [0.1, 0.15) is 11.6 Å². The molecule has 0 amide bonds.